The van der Waals surface area contributed by atoms with Crippen molar-refractivity contribution in [2.45, 2.75) is 33.7 Å². The molecule has 5 heteroatoms. The number of nitrogens with one attached hydrogen (secondary N) is 1. The number of anilines is 1. The summed E-state index contributed by atoms with van der Waals surface area (Å²) in [7, 11) is 0. The molecular formula is C15H19N3O2. The summed E-state index contributed by atoms with van der Waals surface area (Å²) >= 11 is 0. The van der Waals surface area contributed by atoms with Crippen LogP contribution in [0.1, 0.15) is 42.8 Å². The van der Waals surface area contributed by atoms with E-state index in [0.717, 1.165) is 17.9 Å². The van der Waals surface area contributed by atoms with Crippen molar-refractivity contribution in [3.05, 3.63) is 41.5 Å². The fourth-order valence-electron chi connectivity index (χ4n) is 1.93. The molecule has 0 bridgehead atoms. The third kappa shape index (κ3) is 3.66. The molecule has 0 atom stereocenters. The molecule has 0 amide bonds. The third-order valence-electron chi connectivity index (χ3n) is 2.84. The minimum atomic E-state index is 0.0270. The van der Waals surface area contributed by atoms with Crippen LogP contribution in [-0.4, -0.2) is 15.9 Å². The van der Waals surface area contributed by atoms with Gasteiger partial charge in [-0.2, -0.15) is 4.98 Å². The molecule has 1 aromatic heterocycles. The van der Waals surface area contributed by atoms with Gasteiger partial charge in [-0.05, 0) is 25.0 Å². The number of aromatic nitrogens is 2. The summed E-state index contributed by atoms with van der Waals surface area (Å²) in [6.45, 7) is 6.18. The Morgan fingerprint density at radius 1 is 1.35 bits per heavy atom. The Hall–Kier alpha value is -2.17. The molecule has 0 spiro atoms. The highest BCUT2D eigenvalue weighted by molar-refractivity contribution is 5.99. The molecule has 0 aliphatic rings. The van der Waals surface area contributed by atoms with Gasteiger partial charge in [0.05, 0.1) is 6.54 Å². The molecule has 1 aromatic carbocycles. The van der Waals surface area contributed by atoms with Crippen LogP contribution in [0.5, 0.6) is 0 Å². The van der Waals surface area contributed by atoms with Gasteiger partial charge in [0.2, 0.25) is 5.89 Å². The van der Waals surface area contributed by atoms with Crippen molar-refractivity contribution in [1.29, 1.82) is 0 Å². The molecule has 0 saturated carbocycles. The highest BCUT2D eigenvalue weighted by Gasteiger charge is 2.10. The van der Waals surface area contributed by atoms with Crippen LogP contribution >= 0.6 is 0 Å². The lowest BCUT2D eigenvalue weighted by Gasteiger charge is -2.07. The maximum atomic E-state index is 11.5. The van der Waals surface area contributed by atoms with E-state index in [1.165, 1.54) is 0 Å². The van der Waals surface area contributed by atoms with Crippen molar-refractivity contribution < 1.29 is 9.32 Å². The van der Waals surface area contributed by atoms with Gasteiger partial charge in [0, 0.05) is 17.7 Å². The number of rotatable bonds is 6. The Morgan fingerprint density at radius 2 is 2.10 bits per heavy atom. The molecule has 20 heavy (non-hydrogen) atoms. The average Bonchev–Trinajstić information content (AvgIpc) is 2.83. The van der Waals surface area contributed by atoms with Gasteiger partial charge in [0.15, 0.2) is 11.6 Å². The minimum absolute atomic E-state index is 0.0270. The standard InChI is InChI=1S/C15H19N3O2/c1-10(2)8-14-17-15(20-18-14)9-16-13-7-5-4-6-12(13)11(3)19/h4-7,10,16H,8-9H2,1-3H3. The van der Waals surface area contributed by atoms with E-state index in [1.54, 1.807) is 13.0 Å². The van der Waals surface area contributed by atoms with E-state index in [9.17, 15) is 4.79 Å². The van der Waals surface area contributed by atoms with Crippen molar-refractivity contribution in [1.82, 2.24) is 10.1 Å². The average molecular weight is 273 g/mol. The van der Waals surface area contributed by atoms with Gasteiger partial charge in [0.1, 0.15) is 0 Å². The van der Waals surface area contributed by atoms with Crippen molar-refractivity contribution in [2.75, 3.05) is 5.32 Å². The fourth-order valence-corrected chi connectivity index (χ4v) is 1.93. The molecule has 1 N–H and O–H groups in total. The van der Waals surface area contributed by atoms with E-state index >= 15 is 0 Å². The number of carbonyl (C=O) groups excluding carboxylic acids is 1. The van der Waals surface area contributed by atoms with Crippen LogP contribution in [-0.2, 0) is 13.0 Å². The van der Waals surface area contributed by atoms with Crippen LogP contribution < -0.4 is 5.32 Å². The summed E-state index contributed by atoms with van der Waals surface area (Å²) in [6.07, 6.45) is 0.799. The Labute approximate surface area is 118 Å². The molecule has 0 unspecified atom stereocenters. The number of para-hydroxylation sites is 1. The zero-order valence-corrected chi connectivity index (χ0v) is 12.0. The molecular weight excluding hydrogens is 254 g/mol. The monoisotopic (exact) mass is 273 g/mol. The molecule has 5 nitrogen and oxygen atoms in total. The predicted octanol–water partition coefficient (Wildman–Crippen LogP) is 3.08. The predicted molar refractivity (Wildman–Crippen MR) is 76.6 cm³/mol. The van der Waals surface area contributed by atoms with Gasteiger partial charge in [-0.1, -0.05) is 31.1 Å². The maximum absolute atomic E-state index is 11.5. The smallest absolute Gasteiger partial charge is 0.245 e. The van der Waals surface area contributed by atoms with E-state index in [2.05, 4.69) is 29.3 Å². The summed E-state index contributed by atoms with van der Waals surface area (Å²) in [6, 6.07) is 7.38. The zero-order valence-electron chi connectivity index (χ0n) is 12.0. The maximum Gasteiger partial charge on any atom is 0.245 e. The Bertz CT molecular complexity index is 590. The molecule has 0 aliphatic carbocycles. The lowest BCUT2D eigenvalue weighted by atomic mass is 10.1. The van der Waals surface area contributed by atoms with E-state index in [-0.39, 0.29) is 5.78 Å². The largest absolute Gasteiger partial charge is 0.376 e. The van der Waals surface area contributed by atoms with Crippen LogP contribution in [0.2, 0.25) is 0 Å². The van der Waals surface area contributed by atoms with Crippen molar-refractivity contribution in [3.8, 4) is 0 Å². The second-order valence-corrected chi connectivity index (χ2v) is 5.16. The van der Waals surface area contributed by atoms with Crippen molar-refractivity contribution >= 4 is 11.5 Å². The van der Waals surface area contributed by atoms with Gasteiger partial charge in [-0.25, -0.2) is 0 Å². The van der Waals surface area contributed by atoms with Crippen LogP contribution in [0.4, 0.5) is 5.69 Å². The van der Waals surface area contributed by atoms with Gasteiger partial charge in [-0.15, -0.1) is 0 Å². The van der Waals surface area contributed by atoms with Gasteiger partial charge in [-0.3, -0.25) is 4.79 Å². The molecule has 0 saturated heterocycles. The topological polar surface area (TPSA) is 68.0 Å². The molecule has 0 fully saturated rings. The number of Topliss-reactive ketones (excluding diaryl/α,β-unsaturated/α-hetero) is 1. The van der Waals surface area contributed by atoms with Crippen molar-refractivity contribution in [2.24, 2.45) is 5.92 Å². The summed E-state index contributed by atoms with van der Waals surface area (Å²) in [5, 5.41) is 7.09. The lowest BCUT2D eigenvalue weighted by Crippen LogP contribution is -2.05. The van der Waals surface area contributed by atoms with E-state index in [4.69, 9.17) is 4.52 Å². The van der Waals surface area contributed by atoms with Gasteiger partial charge < -0.3 is 9.84 Å². The molecule has 106 valence electrons. The minimum Gasteiger partial charge on any atom is -0.376 e. The number of ketones is 1. The number of nitrogens with zero attached hydrogens (tertiary/aromatic N) is 2. The number of carbonyl (C=O) groups is 1. The molecule has 2 aromatic rings. The van der Waals surface area contributed by atoms with Crippen LogP contribution in [0.25, 0.3) is 0 Å². The quantitative estimate of drug-likeness (QED) is 0.819. The Morgan fingerprint density at radius 3 is 2.80 bits per heavy atom. The van der Waals surface area contributed by atoms with Gasteiger partial charge >= 0.3 is 0 Å². The van der Waals surface area contributed by atoms with E-state index < -0.39 is 0 Å². The van der Waals surface area contributed by atoms with Crippen LogP contribution in [0.15, 0.2) is 28.8 Å². The van der Waals surface area contributed by atoms with E-state index in [1.807, 2.05) is 18.2 Å². The SMILES string of the molecule is CC(=O)c1ccccc1NCc1nc(CC(C)C)no1. The summed E-state index contributed by atoms with van der Waals surface area (Å²) in [5.41, 5.74) is 1.44. The van der Waals surface area contributed by atoms with E-state index in [0.29, 0.717) is 23.9 Å². The zero-order chi connectivity index (χ0) is 14.5. The van der Waals surface area contributed by atoms with Crippen LogP contribution in [0, 0.1) is 5.92 Å². The first-order valence-corrected chi connectivity index (χ1v) is 6.71. The molecule has 0 radical (unpaired) electrons. The third-order valence-corrected chi connectivity index (χ3v) is 2.84. The lowest BCUT2D eigenvalue weighted by molar-refractivity contribution is 0.101. The Balaban J connectivity index is 2.02. The van der Waals surface area contributed by atoms with Gasteiger partial charge in [0.25, 0.3) is 0 Å². The first-order chi connectivity index (χ1) is 9.56. The summed E-state index contributed by atoms with van der Waals surface area (Å²) in [5.74, 6) is 1.77. The number of hydrogen-bond donors (Lipinski definition) is 1. The first-order valence-electron chi connectivity index (χ1n) is 6.71. The second-order valence-electron chi connectivity index (χ2n) is 5.16. The molecule has 1 heterocycles. The fraction of sp³-hybridized carbons (Fsp3) is 0.400. The summed E-state index contributed by atoms with van der Waals surface area (Å²) < 4.78 is 5.18. The number of hydrogen-bond acceptors (Lipinski definition) is 5. The summed E-state index contributed by atoms with van der Waals surface area (Å²) in [4.78, 5) is 15.8. The van der Waals surface area contributed by atoms with Crippen molar-refractivity contribution in [3.63, 3.8) is 0 Å². The second kappa shape index (κ2) is 6.32. The first kappa shape index (κ1) is 14.2. The molecule has 2 rings (SSSR count). The highest BCUT2D eigenvalue weighted by Crippen LogP contribution is 2.16. The molecule has 0 aliphatic heterocycles. The Kier molecular flexibility index (Phi) is 4.50. The normalized spacial score (nSPS) is 10.8. The highest BCUT2D eigenvalue weighted by atomic mass is 16.5. The van der Waals surface area contributed by atoms with Crippen LogP contribution in [0.3, 0.4) is 0 Å². The number of benzene rings is 1.